The Labute approximate surface area is 189 Å². The molecule has 0 aliphatic rings. The highest BCUT2D eigenvalue weighted by Gasteiger charge is 2.18. The Morgan fingerprint density at radius 3 is 2.26 bits per heavy atom. The minimum absolute atomic E-state index is 0.0471. The topological polar surface area (TPSA) is 109 Å². The van der Waals surface area contributed by atoms with E-state index in [4.69, 9.17) is 23.2 Å². The molecule has 3 aromatic rings. The van der Waals surface area contributed by atoms with Gasteiger partial charge in [0.15, 0.2) is 0 Å². The molecule has 11 heteroatoms. The molecule has 0 radical (unpaired) electrons. The highest BCUT2D eigenvalue weighted by atomic mass is 35.5. The molecule has 0 spiro atoms. The van der Waals surface area contributed by atoms with Crippen molar-refractivity contribution in [3.8, 4) is 0 Å². The fourth-order valence-corrected chi connectivity index (χ4v) is 4.11. The van der Waals surface area contributed by atoms with Gasteiger partial charge in [0.2, 0.25) is 10.0 Å². The predicted molar refractivity (Wildman–Crippen MR) is 117 cm³/mol. The molecule has 1 heterocycles. The van der Waals surface area contributed by atoms with Gasteiger partial charge in [-0.3, -0.25) is 20.4 Å². The van der Waals surface area contributed by atoms with E-state index in [1.807, 2.05) is 6.07 Å². The fraction of sp³-hybridized carbons (Fsp3) is 0.100. The summed E-state index contributed by atoms with van der Waals surface area (Å²) in [4.78, 5) is 24.6. The van der Waals surface area contributed by atoms with Crippen molar-refractivity contribution in [3.63, 3.8) is 0 Å². The van der Waals surface area contributed by atoms with E-state index in [0.29, 0.717) is 0 Å². The average molecular weight is 481 g/mol. The van der Waals surface area contributed by atoms with Crippen molar-refractivity contribution in [2.24, 2.45) is 7.05 Å². The Kier molecular flexibility index (Phi) is 7.01. The van der Waals surface area contributed by atoms with Crippen LogP contribution in [-0.4, -0.2) is 24.8 Å². The van der Waals surface area contributed by atoms with Crippen molar-refractivity contribution in [2.45, 2.75) is 11.4 Å². The Morgan fingerprint density at radius 1 is 0.935 bits per heavy atom. The van der Waals surface area contributed by atoms with Crippen molar-refractivity contribution in [3.05, 3.63) is 87.7 Å². The molecule has 0 saturated heterocycles. The van der Waals surface area contributed by atoms with Crippen LogP contribution in [0.3, 0.4) is 0 Å². The summed E-state index contributed by atoms with van der Waals surface area (Å²) in [6, 6.07) is 15.8. The standard InChI is InChI=1S/C20H18Cl2N4O4S/c1-26-17(11-16(21)18(26)22)20(28)25-24-19(27)14-8-5-9-15(10-14)31(29,30)23-12-13-6-3-2-4-7-13/h2-11,23H,12H2,1H3,(H,24,27)(H,25,28). The van der Waals surface area contributed by atoms with E-state index in [9.17, 15) is 18.0 Å². The number of nitrogens with zero attached hydrogens (tertiary/aromatic N) is 1. The lowest BCUT2D eigenvalue weighted by Crippen LogP contribution is -2.42. The number of nitrogens with one attached hydrogen (secondary N) is 3. The molecule has 1 aromatic heterocycles. The summed E-state index contributed by atoms with van der Waals surface area (Å²) in [5, 5.41) is 0.376. The average Bonchev–Trinajstić information content (AvgIpc) is 3.04. The number of halogens is 2. The van der Waals surface area contributed by atoms with Crippen LogP contribution < -0.4 is 15.6 Å². The molecule has 3 N–H and O–H groups in total. The quantitative estimate of drug-likeness (QED) is 0.471. The highest BCUT2D eigenvalue weighted by molar-refractivity contribution is 7.89. The Morgan fingerprint density at radius 2 is 1.61 bits per heavy atom. The minimum atomic E-state index is -3.85. The maximum atomic E-state index is 12.6. The van der Waals surface area contributed by atoms with Crippen LogP contribution in [0.25, 0.3) is 0 Å². The van der Waals surface area contributed by atoms with Crippen molar-refractivity contribution >= 4 is 45.0 Å². The maximum Gasteiger partial charge on any atom is 0.286 e. The first kappa shape index (κ1) is 22.8. The Hall–Kier alpha value is -2.85. The summed E-state index contributed by atoms with van der Waals surface area (Å²) in [5.41, 5.74) is 5.46. The van der Waals surface area contributed by atoms with Crippen LogP contribution in [0.1, 0.15) is 26.4 Å². The molecule has 0 unspecified atom stereocenters. The van der Waals surface area contributed by atoms with Crippen LogP contribution in [-0.2, 0) is 23.6 Å². The SMILES string of the molecule is Cn1c(C(=O)NNC(=O)c2cccc(S(=O)(=O)NCc3ccccc3)c2)cc(Cl)c1Cl. The van der Waals surface area contributed by atoms with Crippen molar-refractivity contribution in [1.29, 1.82) is 0 Å². The summed E-state index contributed by atoms with van der Waals surface area (Å²) in [6.45, 7) is 0.109. The summed E-state index contributed by atoms with van der Waals surface area (Å²) in [7, 11) is -2.30. The summed E-state index contributed by atoms with van der Waals surface area (Å²) < 4.78 is 29.0. The van der Waals surface area contributed by atoms with Gasteiger partial charge in [0.25, 0.3) is 11.8 Å². The van der Waals surface area contributed by atoms with Crippen LogP contribution in [0.15, 0.2) is 65.6 Å². The van der Waals surface area contributed by atoms with Gasteiger partial charge in [-0.2, -0.15) is 0 Å². The molecular formula is C20H18Cl2N4O4S. The number of sulfonamides is 1. The second kappa shape index (κ2) is 9.52. The molecule has 162 valence electrons. The van der Waals surface area contributed by atoms with Crippen LogP contribution in [0, 0.1) is 0 Å². The number of hydrazine groups is 1. The largest absolute Gasteiger partial charge is 0.329 e. The molecule has 0 aliphatic carbocycles. The van der Waals surface area contributed by atoms with Gasteiger partial charge < -0.3 is 4.57 Å². The van der Waals surface area contributed by atoms with Crippen molar-refractivity contribution < 1.29 is 18.0 Å². The predicted octanol–water partition coefficient (Wildman–Crippen LogP) is 2.89. The smallest absolute Gasteiger partial charge is 0.286 e. The fourth-order valence-electron chi connectivity index (χ4n) is 2.67. The normalized spacial score (nSPS) is 11.2. The number of benzene rings is 2. The molecule has 0 saturated carbocycles. The van der Waals surface area contributed by atoms with Gasteiger partial charge >= 0.3 is 0 Å². The molecule has 0 aliphatic heterocycles. The number of carbonyl (C=O) groups excluding carboxylic acids is 2. The Bertz CT molecular complexity index is 1230. The van der Waals surface area contributed by atoms with Crippen molar-refractivity contribution in [1.82, 2.24) is 20.1 Å². The zero-order chi connectivity index (χ0) is 22.6. The maximum absolute atomic E-state index is 12.6. The monoisotopic (exact) mass is 480 g/mol. The van der Waals surface area contributed by atoms with Gasteiger partial charge in [0.05, 0.1) is 9.92 Å². The lowest BCUT2D eigenvalue weighted by molar-refractivity contribution is 0.0842. The molecule has 0 bridgehead atoms. The first-order chi connectivity index (χ1) is 14.7. The zero-order valence-corrected chi connectivity index (χ0v) is 18.6. The number of rotatable bonds is 6. The lowest BCUT2D eigenvalue weighted by atomic mass is 10.2. The molecule has 2 amide bonds. The van der Waals surface area contributed by atoms with E-state index in [0.717, 1.165) is 5.56 Å². The van der Waals surface area contributed by atoms with Crippen molar-refractivity contribution in [2.75, 3.05) is 0 Å². The third-order valence-electron chi connectivity index (χ3n) is 4.35. The number of hydrogen-bond donors (Lipinski definition) is 3. The highest BCUT2D eigenvalue weighted by Crippen LogP contribution is 2.24. The molecule has 31 heavy (non-hydrogen) atoms. The Balaban J connectivity index is 1.66. The first-order valence-electron chi connectivity index (χ1n) is 8.94. The van der Waals surface area contributed by atoms with Gasteiger partial charge in [0, 0.05) is 19.2 Å². The second-order valence-corrected chi connectivity index (χ2v) is 9.01. The van der Waals surface area contributed by atoms with Gasteiger partial charge in [-0.1, -0.05) is 59.6 Å². The minimum Gasteiger partial charge on any atom is -0.329 e. The van der Waals surface area contributed by atoms with E-state index in [-0.39, 0.29) is 32.9 Å². The molecule has 2 aromatic carbocycles. The van der Waals surface area contributed by atoms with E-state index >= 15 is 0 Å². The number of hydrogen-bond acceptors (Lipinski definition) is 4. The zero-order valence-electron chi connectivity index (χ0n) is 16.2. The molecule has 8 nitrogen and oxygen atoms in total. The third-order valence-corrected chi connectivity index (χ3v) is 6.60. The molecular weight excluding hydrogens is 463 g/mol. The summed E-state index contributed by atoms with van der Waals surface area (Å²) in [6.07, 6.45) is 0. The number of amides is 2. The van der Waals surface area contributed by atoms with E-state index in [2.05, 4.69) is 15.6 Å². The van der Waals surface area contributed by atoms with Gasteiger partial charge in [-0.15, -0.1) is 0 Å². The summed E-state index contributed by atoms with van der Waals surface area (Å²) in [5.74, 6) is -1.34. The van der Waals surface area contributed by atoms with Crippen LogP contribution >= 0.6 is 23.2 Å². The lowest BCUT2D eigenvalue weighted by Gasteiger charge is -2.10. The van der Waals surface area contributed by atoms with Crippen LogP contribution in [0.5, 0.6) is 0 Å². The molecule has 0 fully saturated rings. The van der Waals surface area contributed by atoms with E-state index in [1.165, 1.54) is 34.9 Å². The van der Waals surface area contributed by atoms with Gasteiger partial charge in [0.1, 0.15) is 10.8 Å². The van der Waals surface area contributed by atoms with Gasteiger partial charge in [-0.25, -0.2) is 13.1 Å². The van der Waals surface area contributed by atoms with Gasteiger partial charge in [-0.05, 0) is 29.8 Å². The number of carbonyl (C=O) groups is 2. The third kappa shape index (κ3) is 5.45. The number of aromatic nitrogens is 1. The van der Waals surface area contributed by atoms with Crippen LogP contribution in [0.4, 0.5) is 0 Å². The van der Waals surface area contributed by atoms with E-state index in [1.54, 1.807) is 31.3 Å². The van der Waals surface area contributed by atoms with Crippen LogP contribution in [0.2, 0.25) is 10.2 Å². The molecule has 0 atom stereocenters. The summed E-state index contributed by atoms with van der Waals surface area (Å²) >= 11 is 11.8. The molecule has 3 rings (SSSR count). The first-order valence-corrected chi connectivity index (χ1v) is 11.2. The second-order valence-electron chi connectivity index (χ2n) is 6.47. The van der Waals surface area contributed by atoms with E-state index < -0.39 is 21.8 Å².